The second-order valence-corrected chi connectivity index (χ2v) is 5.17. The first-order valence-corrected chi connectivity index (χ1v) is 6.58. The lowest BCUT2D eigenvalue weighted by Gasteiger charge is -2.09. The number of esters is 1. The molecule has 0 saturated carbocycles. The summed E-state index contributed by atoms with van der Waals surface area (Å²) < 4.78 is 6.39. The van der Waals surface area contributed by atoms with Gasteiger partial charge in [-0.05, 0) is 25.5 Å². The molecule has 0 bridgehead atoms. The minimum absolute atomic E-state index is 0.275. The van der Waals surface area contributed by atoms with E-state index in [0.717, 1.165) is 16.8 Å². The number of carbonyl (C=O) groups is 1. The van der Waals surface area contributed by atoms with Gasteiger partial charge in [-0.15, -0.1) is 5.10 Å². The first kappa shape index (κ1) is 14.9. The van der Waals surface area contributed by atoms with Crippen LogP contribution in [0.2, 0.25) is 0 Å². The van der Waals surface area contributed by atoms with Gasteiger partial charge in [-0.25, -0.2) is 9.48 Å². The zero-order valence-electron chi connectivity index (χ0n) is 13.0. The smallest absolute Gasteiger partial charge is 0.345 e. The van der Waals surface area contributed by atoms with Gasteiger partial charge in [0.15, 0.2) is 5.82 Å². The molecule has 21 heavy (non-hydrogen) atoms. The minimum atomic E-state index is -0.493. The van der Waals surface area contributed by atoms with E-state index >= 15 is 0 Å². The van der Waals surface area contributed by atoms with Crippen LogP contribution in [0, 0.1) is 13.8 Å². The summed E-state index contributed by atoms with van der Waals surface area (Å²) >= 11 is 0. The molecule has 0 spiro atoms. The van der Waals surface area contributed by atoms with Crippen LogP contribution in [0.1, 0.15) is 21.5 Å². The highest BCUT2D eigenvalue weighted by Gasteiger charge is 2.25. The number of nitrogen functional groups attached to an aromatic ring is 1. The van der Waals surface area contributed by atoms with Gasteiger partial charge in [-0.1, -0.05) is 17.7 Å². The maximum Gasteiger partial charge on any atom is 0.345 e. The molecule has 112 valence electrons. The maximum atomic E-state index is 12.0. The predicted octanol–water partition coefficient (Wildman–Crippen LogP) is 1.92. The van der Waals surface area contributed by atoms with Crippen molar-refractivity contribution in [3.8, 4) is 5.69 Å². The van der Waals surface area contributed by atoms with Crippen LogP contribution in [0.4, 0.5) is 11.6 Å². The monoisotopic (exact) mass is 288 g/mol. The van der Waals surface area contributed by atoms with Crippen molar-refractivity contribution < 1.29 is 9.53 Å². The number of nitrogens with zero attached hydrogens (tertiary/aromatic N) is 3. The molecular weight excluding hydrogens is 268 g/mol. The van der Waals surface area contributed by atoms with Gasteiger partial charge in [0.1, 0.15) is 11.4 Å². The average molecular weight is 288 g/mol. The second-order valence-electron chi connectivity index (χ2n) is 5.17. The van der Waals surface area contributed by atoms with Gasteiger partial charge in [0, 0.05) is 14.1 Å². The summed E-state index contributed by atoms with van der Waals surface area (Å²) in [6.45, 7) is 4.00. The zero-order chi connectivity index (χ0) is 15.7. The van der Waals surface area contributed by atoms with Gasteiger partial charge in [-0.3, -0.25) is 0 Å². The lowest BCUT2D eigenvalue weighted by atomic mass is 10.1. The van der Waals surface area contributed by atoms with Gasteiger partial charge in [0.2, 0.25) is 0 Å². The van der Waals surface area contributed by atoms with Crippen LogP contribution in [-0.2, 0) is 4.74 Å². The van der Waals surface area contributed by atoms with Gasteiger partial charge in [-0.2, -0.15) is 0 Å². The minimum Gasteiger partial charge on any atom is -0.465 e. The fourth-order valence-corrected chi connectivity index (χ4v) is 2.26. The molecule has 1 aromatic carbocycles. The van der Waals surface area contributed by atoms with Crippen LogP contribution in [-0.4, -0.2) is 37.0 Å². The van der Waals surface area contributed by atoms with Gasteiger partial charge in [0.25, 0.3) is 0 Å². The highest BCUT2D eigenvalue weighted by atomic mass is 16.5. The van der Waals surface area contributed by atoms with Crippen LogP contribution in [0.15, 0.2) is 18.2 Å². The van der Waals surface area contributed by atoms with E-state index in [9.17, 15) is 4.79 Å². The van der Waals surface area contributed by atoms with Gasteiger partial charge < -0.3 is 15.4 Å². The van der Waals surface area contributed by atoms with Crippen LogP contribution in [0.25, 0.3) is 5.69 Å². The Hall–Kier alpha value is -2.50. The van der Waals surface area contributed by atoms with Crippen molar-refractivity contribution >= 4 is 17.6 Å². The Morgan fingerprint density at radius 1 is 1.33 bits per heavy atom. The Morgan fingerprint density at radius 3 is 2.52 bits per heavy atom. The molecule has 0 amide bonds. The summed E-state index contributed by atoms with van der Waals surface area (Å²) in [7, 11) is 4.94. The molecular formula is C15H20N4O2. The Kier molecular flexibility index (Phi) is 3.88. The molecule has 1 heterocycles. The standard InChI is InChI=1S/C15H20N4O2/c1-9-6-7-11(10(2)8-9)19-13(16)12(15(20)21-5)14(17-19)18(3)4/h6-8H,16H2,1-5H3. The Bertz CT molecular complexity index is 689. The zero-order valence-corrected chi connectivity index (χ0v) is 13.0. The fourth-order valence-electron chi connectivity index (χ4n) is 2.26. The topological polar surface area (TPSA) is 73.4 Å². The SMILES string of the molecule is COC(=O)c1c(N(C)C)nn(-c2ccc(C)cc2C)c1N. The second kappa shape index (κ2) is 5.47. The van der Waals surface area contributed by atoms with E-state index < -0.39 is 5.97 Å². The molecule has 2 rings (SSSR count). The number of benzene rings is 1. The molecule has 0 fully saturated rings. The number of carbonyl (C=O) groups excluding carboxylic acids is 1. The van der Waals surface area contributed by atoms with Crippen molar-refractivity contribution in [2.75, 3.05) is 31.8 Å². The van der Waals surface area contributed by atoms with Crippen LogP contribution in [0.3, 0.4) is 0 Å². The number of methoxy groups -OCH3 is 1. The van der Waals surface area contributed by atoms with Crippen molar-refractivity contribution in [2.24, 2.45) is 0 Å². The lowest BCUT2D eigenvalue weighted by Crippen LogP contribution is -2.14. The highest BCUT2D eigenvalue weighted by molar-refractivity contribution is 6.00. The van der Waals surface area contributed by atoms with Crippen molar-refractivity contribution in [1.82, 2.24) is 9.78 Å². The Labute approximate surface area is 124 Å². The number of ether oxygens (including phenoxy) is 1. The molecule has 0 aliphatic heterocycles. The summed E-state index contributed by atoms with van der Waals surface area (Å²) in [6, 6.07) is 5.97. The summed E-state index contributed by atoms with van der Waals surface area (Å²) in [5.74, 6) is 0.268. The summed E-state index contributed by atoms with van der Waals surface area (Å²) in [6.07, 6.45) is 0. The fraction of sp³-hybridized carbons (Fsp3) is 0.333. The number of aromatic nitrogens is 2. The first-order valence-electron chi connectivity index (χ1n) is 6.58. The maximum absolute atomic E-state index is 12.0. The van der Waals surface area contributed by atoms with Crippen molar-refractivity contribution in [3.05, 3.63) is 34.9 Å². The van der Waals surface area contributed by atoms with E-state index in [-0.39, 0.29) is 11.4 Å². The average Bonchev–Trinajstić information content (AvgIpc) is 2.76. The van der Waals surface area contributed by atoms with Gasteiger partial charge in [0.05, 0.1) is 12.8 Å². The number of hydrogen-bond donors (Lipinski definition) is 1. The molecule has 2 N–H and O–H groups in total. The molecule has 1 aromatic heterocycles. The molecule has 0 aliphatic carbocycles. The first-order chi connectivity index (χ1) is 9.86. The van der Waals surface area contributed by atoms with E-state index in [4.69, 9.17) is 10.5 Å². The van der Waals surface area contributed by atoms with E-state index in [1.54, 1.807) is 23.7 Å². The third-order valence-corrected chi connectivity index (χ3v) is 3.30. The van der Waals surface area contributed by atoms with Crippen molar-refractivity contribution in [1.29, 1.82) is 0 Å². The largest absolute Gasteiger partial charge is 0.465 e. The van der Waals surface area contributed by atoms with E-state index in [1.165, 1.54) is 7.11 Å². The summed E-state index contributed by atoms with van der Waals surface area (Å²) in [5.41, 5.74) is 9.44. The third kappa shape index (κ3) is 2.56. The molecule has 0 saturated heterocycles. The molecule has 0 aliphatic rings. The highest BCUT2D eigenvalue weighted by Crippen LogP contribution is 2.28. The van der Waals surface area contributed by atoms with E-state index in [2.05, 4.69) is 5.10 Å². The predicted molar refractivity (Wildman–Crippen MR) is 83.1 cm³/mol. The molecule has 0 radical (unpaired) electrons. The summed E-state index contributed by atoms with van der Waals surface area (Å²) in [4.78, 5) is 13.7. The summed E-state index contributed by atoms with van der Waals surface area (Å²) in [5, 5.41) is 4.46. The van der Waals surface area contributed by atoms with E-state index in [0.29, 0.717) is 5.82 Å². The number of anilines is 2. The normalized spacial score (nSPS) is 10.5. The van der Waals surface area contributed by atoms with E-state index in [1.807, 2.05) is 32.0 Å². The van der Waals surface area contributed by atoms with Crippen LogP contribution >= 0.6 is 0 Å². The van der Waals surface area contributed by atoms with Crippen LogP contribution < -0.4 is 10.6 Å². The quantitative estimate of drug-likeness (QED) is 0.874. The molecule has 0 unspecified atom stereocenters. The molecule has 6 heteroatoms. The number of hydrogen-bond acceptors (Lipinski definition) is 5. The van der Waals surface area contributed by atoms with Crippen LogP contribution in [0.5, 0.6) is 0 Å². The molecule has 6 nitrogen and oxygen atoms in total. The number of nitrogens with two attached hydrogens (primary N) is 1. The Morgan fingerprint density at radius 2 is 2.00 bits per heavy atom. The molecule has 0 atom stereocenters. The van der Waals surface area contributed by atoms with Gasteiger partial charge >= 0.3 is 5.97 Å². The van der Waals surface area contributed by atoms with Crippen molar-refractivity contribution in [2.45, 2.75) is 13.8 Å². The number of rotatable bonds is 3. The number of aryl methyl sites for hydroxylation is 2. The Balaban J connectivity index is 2.68. The molecule has 2 aromatic rings. The third-order valence-electron chi connectivity index (χ3n) is 3.30. The van der Waals surface area contributed by atoms with Crippen molar-refractivity contribution in [3.63, 3.8) is 0 Å². The lowest BCUT2D eigenvalue weighted by molar-refractivity contribution is 0.0602.